The van der Waals surface area contributed by atoms with Crippen molar-refractivity contribution in [1.82, 2.24) is 15.3 Å². The lowest BCUT2D eigenvalue weighted by atomic mass is 9.79. The van der Waals surface area contributed by atoms with E-state index in [1.807, 2.05) is 4.90 Å². The Kier molecular flexibility index (Phi) is 5.47. The minimum atomic E-state index is -0.690. The number of amides is 2. The third-order valence-electron chi connectivity index (χ3n) is 5.20. The van der Waals surface area contributed by atoms with E-state index >= 15 is 0 Å². The Morgan fingerprint density at radius 1 is 1.32 bits per heavy atom. The third kappa shape index (κ3) is 4.07. The molecule has 2 saturated heterocycles. The van der Waals surface area contributed by atoms with Crippen LogP contribution in [0.1, 0.15) is 25.7 Å². The molecular formula is C17H25N5O3. The fourth-order valence-corrected chi connectivity index (χ4v) is 3.50. The number of carbonyl (C=O) groups excluding carboxylic acids is 2. The number of hydrogen-bond donors (Lipinski definition) is 2. The summed E-state index contributed by atoms with van der Waals surface area (Å²) in [6, 6.07) is 1.77. The summed E-state index contributed by atoms with van der Waals surface area (Å²) in [5, 5.41) is 2.95. The number of aromatic nitrogens is 2. The molecule has 25 heavy (non-hydrogen) atoms. The molecule has 3 N–H and O–H groups in total. The maximum atomic E-state index is 12.6. The lowest BCUT2D eigenvalue weighted by Crippen LogP contribution is -2.51. The summed E-state index contributed by atoms with van der Waals surface area (Å²) in [6.45, 7) is 2.71. The fraction of sp³-hybridized carbons (Fsp3) is 0.647. The topological polar surface area (TPSA) is 110 Å². The van der Waals surface area contributed by atoms with Crippen LogP contribution in [-0.4, -0.2) is 54.6 Å². The highest BCUT2D eigenvalue weighted by Gasteiger charge is 2.39. The van der Waals surface area contributed by atoms with E-state index in [1.54, 1.807) is 18.5 Å². The minimum absolute atomic E-state index is 0.0345. The molecule has 2 aliphatic heterocycles. The van der Waals surface area contributed by atoms with Crippen molar-refractivity contribution in [3.05, 3.63) is 18.5 Å². The van der Waals surface area contributed by atoms with Crippen molar-refractivity contribution in [1.29, 1.82) is 0 Å². The van der Waals surface area contributed by atoms with Gasteiger partial charge in [-0.2, -0.15) is 0 Å². The van der Waals surface area contributed by atoms with Crippen LogP contribution in [0.4, 0.5) is 5.95 Å². The van der Waals surface area contributed by atoms with Gasteiger partial charge in [0.25, 0.3) is 0 Å². The number of anilines is 1. The highest BCUT2D eigenvalue weighted by Crippen LogP contribution is 2.29. The predicted molar refractivity (Wildman–Crippen MR) is 91.7 cm³/mol. The smallest absolute Gasteiger partial charge is 0.225 e. The molecule has 136 valence electrons. The summed E-state index contributed by atoms with van der Waals surface area (Å²) in [6.07, 6.45) is 6.24. The molecule has 2 amide bonds. The number of piperidine rings is 1. The predicted octanol–water partition coefficient (Wildman–Crippen LogP) is 0.0913. The van der Waals surface area contributed by atoms with E-state index in [0.29, 0.717) is 38.5 Å². The van der Waals surface area contributed by atoms with E-state index in [4.69, 9.17) is 10.5 Å². The van der Waals surface area contributed by atoms with Gasteiger partial charge in [-0.25, -0.2) is 9.97 Å². The van der Waals surface area contributed by atoms with Gasteiger partial charge in [0.2, 0.25) is 17.8 Å². The molecule has 1 atom stereocenters. The first-order chi connectivity index (χ1) is 12.1. The van der Waals surface area contributed by atoms with Crippen molar-refractivity contribution in [3.8, 4) is 0 Å². The van der Waals surface area contributed by atoms with Crippen LogP contribution in [0, 0.1) is 11.3 Å². The van der Waals surface area contributed by atoms with Crippen molar-refractivity contribution in [2.24, 2.45) is 17.1 Å². The van der Waals surface area contributed by atoms with Crippen LogP contribution in [0.2, 0.25) is 0 Å². The standard InChI is InChI=1S/C17H25N5O3/c18-15(24)17(4-9-25-10-5-17)12-21-14(23)13-3-1-8-22(11-13)16-19-6-2-7-20-16/h2,6-7,13H,1,3-5,8-12H2,(H2,18,24)(H,21,23). The number of nitrogens with two attached hydrogens (primary N) is 1. The Balaban J connectivity index is 1.58. The van der Waals surface area contributed by atoms with E-state index in [2.05, 4.69) is 15.3 Å². The summed E-state index contributed by atoms with van der Waals surface area (Å²) in [7, 11) is 0. The molecule has 0 bridgehead atoms. The number of nitrogens with zero attached hydrogens (tertiary/aromatic N) is 3. The minimum Gasteiger partial charge on any atom is -0.381 e. The van der Waals surface area contributed by atoms with Gasteiger partial charge in [-0.3, -0.25) is 9.59 Å². The summed E-state index contributed by atoms with van der Waals surface area (Å²) < 4.78 is 5.32. The quantitative estimate of drug-likeness (QED) is 0.781. The molecule has 3 heterocycles. The number of rotatable bonds is 5. The molecule has 8 nitrogen and oxygen atoms in total. The number of ether oxygens (including phenoxy) is 1. The second kappa shape index (κ2) is 7.77. The molecule has 1 unspecified atom stereocenters. The lowest BCUT2D eigenvalue weighted by molar-refractivity contribution is -0.134. The van der Waals surface area contributed by atoms with Crippen LogP contribution < -0.4 is 16.0 Å². The first kappa shape index (κ1) is 17.6. The zero-order valence-corrected chi connectivity index (χ0v) is 14.3. The molecule has 0 aliphatic carbocycles. The van der Waals surface area contributed by atoms with Gasteiger partial charge in [-0.1, -0.05) is 0 Å². The molecule has 8 heteroatoms. The second-order valence-corrected chi connectivity index (χ2v) is 6.81. The Hall–Kier alpha value is -2.22. The normalized spacial score (nSPS) is 23.0. The maximum Gasteiger partial charge on any atom is 0.225 e. The van der Waals surface area contributed by atoms with Gasteiger partial charge in [0.15, 0.2) is 0 Å². The maximum absolute atomic E-state index is 12.6. The second-order valence-electron chi connectivity index (χ2n) is 6.81. The third-order valence-corrected chi connectivity index (χ3v) is 5.20. The van der Waals surface area contributed by atoms with E-state index in [0.717, 1.165) is 19.4 Å². The Labute approximate surface area is 147 Å². The molecule has 0 aromatic carbocycles. The van der Waals surface area contributed by atoms with E-state index in [-0.39, 0.29) is 24.3 Å². The molecule has 3 rings (SSSR count). The molecular weight excluding hydrogens is 322 g/mol. The van der Waals surface area contributed by atoms with Crippen LogP contribution in [0.25, 0.3) is 0 Å². The van der Waals surface area contributed by atoms with Crippen LogP contribution >= 0.6 is 0 Å². The average Bonchev–Trinajstić information content (AvgIpc) is 2.67. The van der Waals surface area contributed by atoms with Gasteiger partial charge in [0.1, 0.15) is 0 Å². The summed E-state index contributed by atoms with van der Waals surface area (Å²) >= 11 is 0. The monoisotopic (exact) mass is 347 g/mol. The molecule has 2 fully saturated rings. The highest BCUT2D eigenvalue weighted by molar-refractivity contribution is 5.83. The van der Waals surface area contributed by atoms with Crippen molar-refractivity contribution in [2.75, 3.05) is 37.7 Å². The van der Waals surface area contributed by atoms with E-state index in [9.17, 15) is 9.59 Å². The summed E-state index contributed by atoms with van der Waals surface area (Å²) in [5.41, 5.74) is 4.90. The zero-order valence-electron chi connectivity index (χ0n) is 14.3. The Morgan fingerprint density at radius 3 is 2.72 bits per heavy atom. The number of nitrogens with one attached hydrogen (secondary N) is 1. The first-order valence-corrected chi connectivity index (χ1v) is 8.78. The Morgan fingerprint density at radius 2 is 2.04 bits per heavy atom. The number of primary amides is 1. The van der Waals surface area contributed by atoms with Gasteiger partial charge in [-0.15, -0.1) is 0 Å². The van der Waals surface area contributed by atoms with Crippen molar-refractivity contribution >= 4 is 17.8 Å². The van der Waals surface area contributed by atoms with Crippen LogP contribution in [0.3, 0.4) is 0 Å². The molecule has 0 saturated carbocycles. The van der Waals surface area contributed by atoms with Crippen LogP contribution in [-0.2, 0) is 14.3 Å². The largest absolute Gasteiger partial charge is 0.381 e. The van der Waals surface area contributed by atoms with Crippen molar-refractivity contribution in [2.45, 2.75) is 25.7 Å². The van der Waals surface area contributed by atoms with Crippen LogP contribution in [0.15, 0.2) is 18.5 Å². The molecule has 2 aliphatic rings. The van der Waals surface area contributed by atoms with E-state index in [1.165, 1.54) is 0 Å². The number of hydrogen-bond acceptors (Lipinski definition) is 6. The molecule has 1 aromatic rings. The van der Waals surface area contributed by atoms with Gasteiger partial charge in [-0.05, 0) is 31.7 Å². The van der Waals surface area contributed by atoms with Crippen molar-refractivity contribution < 1.29 is 14.3 Å². The highest BCUT2D eigenvalue weighted by atomic mass is 16.5. The number of carbonyl (C=O) groups is 2. The van der Waals surface area contributed by atoms with E-state index < -0.39 is 5.41 Å². The molecule has 0 spiro atoms. The lowest BCUT2D eigenvalue weighted by Gasteiger charge is -2.36. The van der Waals surface area contributed by atoms with Gasteiger partial charge in [0.05, 0.1) is 11.3 Å². The SMILES string of the molecule is NC(=O)C1(CNC(=O)C2CCCN(c3ncccn3)C2)CCOCC1. The zero-order chi connectivity index (χ0) is 17.7. The van der Waals surface area contributed by atoms with Gasteiger partial charge in [0, 0.05) is 45.2 Å². The van der Waals surface area contributed by atoms with Gasteiger partial charge >= 0.3 is 0 Å². The van der Waals surface area contributed by atoms with Crippen molar-refractivity contribution in [3.63, 3.8) is 0 Å². The fourth-order valence-electron chi connectivity index (χ4n) is 3.50. The summed E-state index contributed by atoms with van der Waals surface area (Å²) in [5.74, 6) is 0.118. The molecule has 0 radical (unpaired) electrons. The molecule has 1 aromatic heterocycles. The summed E-state index contributed by atoms with van der Waals surface area (Å²) in [4.78, 5) is 35.1. The Bertz CT molecular complexity index is 604. The average molecular weight is 347 g/mol. The first-order valence-electron chi connectivity index (χ1n) is 8.78. The van der Waals surface area contributed by atoms with Gasteiger partial charge < -0.3 is 20.7 Å². The van der Waals surface area contributed by atoms with Crippen LogP contribution in [0.5, 0.6) is 0 Å².